The summed E-state index contributed by atoms with van der Waals surface area (Å²) < 4.78 is 15.6. The number of halogens is 1. The summed E-state index contributed by atoms with van der Waals surface area (Å²) in [4.78, 5) is 16.6. The van der Waals surface area contributed by atoms with Crippen LogP contribution in [0.4, 0.5) is 4.39 Å². The molecule has 3 aromatic rings. The molecule has 1 aromatic carbocycles. The zero-order chi connectivity index (χ0) is 23.8. The lowest BCUT2D eigenvalue weighted by Crippen LogP contribution is -2.23. The van der Waals surface area contributed by atoms with E-state index in [9.17, 15) is 4.39 Å². The van der Waals surface area contributed by atoms with Crippen molar-refractivity contribution < 1.29 is 4.39 Å². The van der Waals surface area contributed by atoms with Crippen molar-refractivity contribution in [2.45, 2.75) is 46.6 Å². The molecular weight excluding hydrogens is 415 g/mol. The molecule has 0 aliphatic carbocycles. The van der Waals surface area contributed by atoms with Crippen LogP contribution in [0.15, 0.2) is 52.6 Å². The molecule has 33 heavy (non-hydrogen) atoms. The Labute approximate surface area is 196 Å². The molecule has 0 aliphatic rings. The molecule has 0 radical (unpaired) electrons. The van der Waals surface area contributed by atoms with Gasteiger partial charge in [-0.05, 0) is 76.3 Å². The van der Waals surface area contributed by atoms with Gasteiger partial charge in [0.15, 0.2) is 0 Å². The molecule has 0 saturated heterocycles. The first kappa shape index (κ1) is 24.6. The van der Waals surface area contributed by atoms with Gasteiger partial charge in [-0.3, -0.25) is 9.39 Å². The van der Waals surface area contributed by atoms with Crippen molar-refractivity contribution in [2.24, 2.45) is 9.98 Å². The van der Waals surface area contributed by atoms with Crippen LogP contribution in [0.1, 0.15) is 51.3 Å². The van der Waals surface area contributed by atoms with Crippen molar-refractivity contribution in [2.75, 3.05) is 27.2 Å². The van der Waals surface area contributed by atoms with E-state index in [-0.39, 0.29) is 5.82 Å². The summed E-state index contributed by atoms with van der Waals surface area (Å²) in [6.45, 7) is 8.52. The first-order valence-electron chi connectivity index (χ1n) is 11.7. The summed E-state index contributed by atoms with van der Waals surface area (Å²) in [6.07, 6.45) is 5.40. The summed E-state index contributed by atoms with van der Waals surface area (Å²) in [6, 6.07) is 10.6. The van der Waals surface area contributed by atoms with Crippen molar-refractivity contribution in [3.8, 4) is 11.3 Å². The molecule has 0 aliphatic heterocycles. The van der Waals surface area contributed by atoms with Crippen LogP contribution in [0.2, 0.25) is 0 Å². The second kappa shape index (κ2) is 11.7. The Morgan fingerprint density at radius 2 is 1.88 bits per heavy atom. The summed E-state index contributed by atoms with van der Waals surface area (Å²) in [5.74, 6) is 0.367. The third-order valence-electron chi connectivity index (χ3n) is 5.28. The van der Waals surface area contributed by atoms with E-state index in [1.54, 1.807) is 12.1 Å². The first-order chi connectivity index (χ1) is 15.9. The number of imidazole rings is 1. The van der Waals surface area contributed by atoms with Crippen LogP contribution in [-0.2, 0) is 6.54 Å². The van der Waals surface area contributed by atoms with Crippen LogP contribution in [0.5, 0.6) is 0 Å². The van der Waals surface area contributed by atoms with Crippen LogP contribution in [0, 0.1) is 5.82 Å². The molecule has 0 fully saturated rings. The smallest absolute Gasteiger partial charge is 0.218 e. The number of nitrogens with one attached hydrogen (secondary N) is 1. The van der Waals surface area contributed by atoms with Crippen LogP contribution in [0.25, 0.3) is 16.9 Å². The molecule has 0 amide bonds. The third kappa shape index (κ3) is 6.48. The van der Waals surface area contributed by atoms with Gasteiger partial charge in [0.05, 0.1) is 17.1 Å². The van der Waals surface area contributed by atoms with Crippen LogP contribution >= 0.6 is 0 Å². The topological polar surface area (TPSA) is 57.3 Å². The number of hydrogen-bond donors (Lipinski definition) is 1. The van der Waals surface area contributed by atoms with Gasteiger partial charge in [-0.1, -0.05) is 19.8 Å². The molecule has 2 heterocycles. The van der Waals surface area contributed by atoms with E-state index < -0.39 is 0 Å². The van der Waals surface area contributed by atoms with Crippen LogP contribution < -0.4 is 5.32 Å². The Hall–Kier alpha value is -3.06. The minimum absolute atomic E-state index is 0.267. The largest absolute Gasteiger partial charge is 0.355 e. The van der Waals surface area contributed by atoms with E-state index in [2.05, 4.69) is 38.7 Å². The Bertz CT molecular complexity index is 1110. The lowest BCUT2D eigenvalue weighted by molar-refractivity contribution is 0.402. The molecule has 3 rings (SSSR count). The summed E-state index contributed by atoms with van der Waals surface area (Å²) >= 11 is 0. The zero-order valence-corrected chi connectivity index (χ0v) is 20.4. The van der Waals surface area contributed by atoms with E-state index in [0.29, 0.717) is 5.96 Å². The first-order valence-corrected chi connectivity index (χ1v) is 11.7. The predicted molar refractivity (Wildman–Crippen MR) is 136 cm³/mol. The maximum atomic E-state index is 13.6. The Balaban J connectivity index is 2.10. The van der Waals surface area contributed by atoms with Gasteiger partial charge in [-0.2, -0.15) is 0 Å². The van der Waals surface area contributed by atoms with Crippen LogP contribution in [-0.4, -0.2) is 53.1 Å². The lowest BCUT2D eigenvalue weighted by atomic mass is 10.1. The monoisotopic (exact) mass is 450 g/mol. The number of fused-ring (bicyclic) bond motifs is 1. The molecule has 176 valence electrons. The number of rotatable bonds is 9. The average Bonchev–Trinajstić information content (AvgIpc) is 3.15. The number of unbranched alkanes of at least 4 members (excludes halogenated alkanes) is 2. The molecule has 0 spiro atoms. The predicted octanol–water partition coefficient (Wildman–Crippen LogP) is 5.17. The van der Waals surface area contributed by atoms with Gasteiger partial charge >= 0.3 is 0 Å². The highest BCUT2D eigenvalue weighted by Gasteiger charge is 2.18. The number of hydrogen-bond acceptors (Lipinski definition) is 3. The fraction of sp³-hybridized carbons (Fsp3) is 0.423. The fourth-order valence-corrected chi connectivity index (χ4v) is 3.75. The molecule has 0 saturated carbocycles. The molecule has 0 atom stereocenters. The number of aliphatic imine (C=N–C) groups is 2. The molecule has 2 aromatic heterocycles. The molecule has 0 unspecified atom stereocenters. The zero-order valence-electron chi connectivity index (χ0n) is 20.4. The summed E-state index contributed by atoms with van der Waals surface area (Å²) in [5, 5.41) is 3.28. The third-order valence-corrected chi connectivity index (χ3v) is 5.28. The maximum absolute atomic E-state index is 13.6. The molecule has 6 nitrogen and oxygen atoms in total. The standard InChI is InChI=1S/C26H35FN6/c1-6-8-9-15-29-26(28-7-2)30-19(3)25-24(21-10-12-22(27)13-11-21)31-23-17-20(18-32(4)5)14-16-33(23)25/h10-14,16-17H,6-9,15,18H2,1-5H3,(H,28,29)/b30-19+. The van der Waals surface area contributed by atoms with Crippen LogP contribution in [0.3, 0.4) is 0 Å². The van der Waals surface area contributed by atoms with Gasteiger partial charge in [0.25, 0.3) is 0 Å². The normalized spacial score (nSPS) is 12.7. The maximum Gasteiger partial charge on any atom is 0.218 e. The number of guanidine groups is 1. The van der Waals surface area contributed by atoms with Crippen molar-refractivity contribution in [3.05, 3.63) is 59.7 Å². The van der Waals surface area contributed by atoms with Crippen molar-refractivity contribution >= 4 is 17.3 Å². The fourth-order valence-electron chi connectivity index (χ4n) is 3.75. The summed E-state index contributed by atoms with van der Waals surface area (Å²) in [7, 11) is 4.09. The Kier molecular flexibility index (Phi) is 8.72. The Morgan fingerprint density at radius 1 is 1.12 bits per heavy atom. The highest BCUT2D eigenvalue weighted by Crippen LogP contribution is 2.26. The van der Waals surface area contributed by atoms with E-state index in [1.165, 1.54) is 17.7 Å². The van der Waals surface area contributed by atoms with Gasteiger partial charge in [0, 0.05) is 31.4 Å². The van der Waals surface area contributed by atoms with Gasteiger partial charge < -0.3 is 10.2 Å². The van der Waals surface area contributed by atoms with E-state index >= 15 is 0 Å². The quantitative estimate of drug-likeness (QED) is 0.278. The molecule has 7 heteroatoms. The minimum Gasteiger partial charge on any atom is -0.355 e. The summed E-state index contributed by atoms with van der Waals surface area (Å²) in [5.41, 5.74) is 5.33. The minimum atomic E-state index is -0.267. The van der Waals surface area contributed by atoms with Gasteiger partial charge in [-0.25, -0.2) is 14.4 Å². The number of aromatic nitrogens is 2. The van der Waals surface area contributed by atoms with Crippen molar-refractivity contribution in [3.63, 3.8) is 0 Å². The Morgan fingerprint density at radius 3 is 2.55 bits per heavy atom. The average molecular weight is 451 g/mol. The second-order valence-electron chi connectivity index (χ2n) is 8.46. The van der Waals surface area contributed by atoms with E-state index in [4.69, 9.17) is 9.98 Å². The van der Waals surface area contributed by atoms with Crippen molar-refractivity contribution in [1.29, 1.82) is 0 Å². The van der Waals surface area contributed by atoms with Gasteiger partial charge in [0.1, 0.15) is 11.5 Å². The van der Waals surface area contributed by atoms with E-state index in [0.717, 1.165) is 67.2 Å². The molecule has 1 N–H and O–H groups in total. The molecular formula is C26H35FN6. The SMILES string of the molecule is CCCCCN=C(/N=C(\C)c1c(-c2ccc(F)cc2)nc2cc(CN(C)C)ccn12)NCC. The van der Waals surface area contributed by atoms with Crippen molar-refractivity contribution in [1.82, 2.24) is 19.6 Å². The van der Waals surface area contributed by atoms with Gasteiger partial charge in [-0.15, -0.1) is 0 Å². The highest BCUT2D eigenvalue weighted by molar-refractivity contribution is 6.08. The number of nitrogens with zero attached hydrogens (tertiary/aromatic N) is 5. The van der Waals surface area contributed by atoms with E-state index in [1.807, 2.05) is 34.1 Å². The second-order valence-corrected chi connectivity index (χ2v) is 8.46. The number of benzene rings is 1. The number of pyridine rings is 1. The van der Waals surface area contributed by atoms with Gasteiger partial charge in [0.2, 0.25) is 5.96 Å². The lowest BCUT2D eigenvalue weighted by Gasteiger charge is -2.10. The highest BCUT2D eigenvalue weighted by atomic mass is 19.1. The molecule has 0 bridgehead atoms.